The first-order chi connectivity index (χ1) is 8.61. The van der Waals surface area contributed by atoms with Crippen LogP contribution in [-0.2, 0) is 0 Å². The fourth-order valence-electron chi connectivity index (χ4n) is 1.69. The number of nitrogens with two attached hydrogens (primary N) is 1. The minimum absolute atomic E-state index is 0.00673. The van der Waals surface area contributed by atoms with E-state index in [1.807, 2.05) is 13.8 Å². The number of carbonyl (C=O) groups excluding carboxylic acids is 1. The molecule has 1 rings (SSSR count). The van der Waals surface area contributed by atoms with Gasteiger partial charge in [-0.2, -0.15) is 13.2 Å². The smallest absolute Gasteiger partial charge is 0.390 e. The molecule has 0 fully saturated rings. The summed E-state index contributed by atoms with van der Waals surface area (Å²) in [6.45, 7) is 3.36. The van der Waals surface area contributed by atoms with Gasteiger partial charge in [-0.05, 0) is 19.9 Å². The molecule has 7 heteroatoms. The number of amides is 1. The Morgan fingerprint density at radius 1 is 1.47 bits per heavy atom. The molecule has 0 aliphatic rings. The second-order valence-electron chi connectivity index (χ2n) is 4.75. The summed E-state index contributed by atoms with van der Waals surface area (Å²) in [4.78, 5) is 13.1. The second kappa shape index (κ2) is 5.54. The van der Waals surface area contributed by atoms with Gasteiger partial charge in [-0.15, -0.1) is 0 Å². The van der Waals surface area contributed by atoms with Gasteiger partial charge in [0.15, 0.2) is 0 Å². The van der Waals surface area contributed by atoms with Crippen LogP contribution >= 0.6 is 0 Å². The van der Waals surface area contributed by atoms with Crippen LogP contribution in [0.15, 0.2) is 12.3 Å². The Morgan fingerprint density at radius 3 is 2.53 bits per heavy atom. The predicted octanol–water partition coefficient (Wildman–Crippen LogP) is 2.68. The van der Waals surface area contributed by atoms with Crippen LogP contribution in [0.5, 0.6) is 0 Å². The highest BCUT2D eigenvalue weighted by Gasteiger charge is 2.29. The molecular formula is C12H18F3N3O. The van der Waals surface area contributed by atoms with Crippen molar-refractivity contribution in [1.29, 1.82) is 0 Å². The van der Waals surface area contributed by atoms with Crippen molar-refractivity contribution in [2.75, 3.05) is 19.3 Å². The van der Waals surface area contributed by atoms with Crippen LogP contribution in [0, 0.1) is 0 Å². The standard InChI is InChI=1S/C12H18F3N3O/c1-8(2)18-7-9(16)6-10(18)11(19)17(3)5-4-12(13,14)15/h6-8H,4-5,16H2,1-3H3. The quantitative estimate of drug-likeness (QED) is 0.920. The molecule has 4 nitrogen and oxygen atoms in total. The first-order valence-electron chi connectivity index (χ1n) is 5.91. The number of rotatable bonds is 4. The van der Waals surface area contributed by atoms with Crippen LogP contribution in [0.2, 0.25) is 0 Å². The van der Waals surface area contributed by atoms with Gasteiger partial charge < -0.3 is 15.2 Å². The van der Waals surface area contributed by atoms with Gasteiger partial charge in [0, 0.05) is 25.8 Å². The van der Waals surface area contributed by atoms with Crippen LogP contribution < -0.4 is 5.73 Å². The van der Waals surface area contributed by atoms with E-state index in [4.69, 9.17) is 5.73 Å². The van der Waals surface area contributed by atoms with Crippen molar-refractivity contribution in [3.8, 4) is 0 Å². The van der Waals surface area contributed by atoms with Crippen molar-refractivity contribution >= 4 is 11.6 Å². The van der Waals surface area contributed by atoms with E-state index in [2.05, 4.69) is 0 Å². The molecule has 1 heterocycles. The average Bonchev–Trinajstić information content (AvgIpc) is 2.66. The topological polar surface area (TPSA) is 51.3 Å². The monoisotopic (exact) mass is 277 g/mol. The lowest BCUT2D eigenvalue weighted by atomic mass is 10.3. The van der Waals surface area contributed by atoms with E-state index in [0.29, 0.717) is 11.4 Å². The summed E-state index contributed by atoms with van der Waals surface area (Å²) in [5, 5.41) is 0. The maximum atomic E-state index is 12.1. The molecule has 0 aliphatic heterocycles. The zero-order chi connectivity index (χ0) is 14.8. The summed E-state index contributed by atoms with van der Waals surface area (Å²) >= 11 is 0. The Kier molecular flexibility index (Phi) is 4.49. The van der Waals surface area contributed by atoms with Gasteiger partial charge in [-0.3, -0.25) is 4.79 Å². The molecule has 0 spiro atoms. The van der Waals surface area contributed by atoms with Gasteiger partial charge >= 0.3 is 6.18 Å². The molecular weight excluding hydrogens is 259 g/mol. The first kappa shape index (κ1) is 15.4. The van der Waals surface area contributed by atoms with E-state index < -0.39 is 18.5 Å². The summed E-state index contributed by atoms with van der Waals surface area (Å²) in [6.07, 6.45) is -3.68. The molecule has 1 aromatic heterocycles. The number of hydrogen-bond donors (Lipinski definition) is 1. The number of nitrogens with zero attached hydrogens (tertiary/aromatic N) is 2. The number of nitrogen functional groups attached to an aromatic ring is 1. The third-order valence-corrected chi connectivity index (χ3v) is 2.72. The van der Waals surface area contributed by atoms with Crippen LogP contribution in [0.1, 0.15) is 36.8 Å². The van der Waals surface area contributed by atoms with Crippen LogP contribution in [0.3, 0.4) is 0 Å². The zero-order valence-corrected chi connectivity index (χ0v) is 11.2. The molecule has 1 amide bonds. The van der Waals surface area contributed by atoms with Gasteiger partial charge in [0.05, 0.1) is 12.1 Å². The first-order valence-corrected chi connectivity index (χ1v) is 5.91. The second-order valence-corrected chi connectivity index (χ2v) is 4.75. The number of aromatic nitrogens is 1. The maximum Gasteiger partial charge on any atom is 0.390 e. The lowest BCUT2D eigenvalue weighted by molar-refractivity contribution is -0.136. The Labute approximate surface area is 110 Å². The van der Waals surface area contributed by atoms with Crippen LogP contribution in [0.4, 0.5) is 18.9 Å². The fraction of sp³-hybridized carbons (Fsp3) is 0.583. The molecule has 0 unspecified atom stereocenters. The molecule has 0 radical (unpaired) electrons. The Balaban J connectivity index is 2.82. The number of alkyl halides is 3. The Bertz CT molecular complexity index is 452. The number of hydrogen-bond acceptors (Lipinski definition) is 2. The van der Waals surface area contributed by atoms with E-state index in [1.54, 1.807) is 10.8 Å². The number of anilines is 1. The van der Waals surface area contributed by atoms with E-state index >= 15 is 0 Å². The molecule has 0 bridgehead atoms. The van der Waals surface area contributed by atoms with Crippen molar-refractivity contribution in [2.45, 2.75) is 32.5 Å². The molecule has 19 heavy (non-hydrogen) atoms. The molecule has 108 valence electrons. The van der Waals surface area contributed by atoms with Crippen molar-refractivity contribution < 1.29 is 18.0 Å². The highest BCUT2D eigenvalue weighted by atomic mass is 19.4. The highest BCUT2D eigenvalue weighted by Crippen LogP contribution is 2.21. The largest absolute Gasteiger partial charge is 0.397 e. The molecule has 0 atom stereocenters. The third-order valence-electron chi connectivity index (χ3n) is 2.72. The van der Waals surface area contributed by atoms with Crippen molar-refractivity contribution in [1.82, 2.24) is 9.47 Å². The van der Waals surface area contributed by atoms with Crippen LogP contribution in [-0.4, -0.2) is 35.1 Å². The van der Waals surface area contributed by atoms with Gasteiger partial charge in [0.1, 0.15) is 5.69 Å². The summed E-state index contributed by atoms with van der Waals surface area (Å²) in [5.74, 6) is -0.463. The van der Waals surface area contributed by atoms with Gasteiger partial charge in [0.25, 0.3) is 5.91 Å². The number of halogens is 3. The van der Waals surface area contributed by atoms with Gasteiger partial charge in [0.2, 0.25) is 0 Å². The molecule has 0 aliphatic carbocycles. The SMILES string of the molecule is CC(C)n1cc(N)cc1C(=O)N(C)CCC(F)(F)F. The van der Waals surface area contributed by atoms with Gasteiger partial charge in [-0.25, -0.2) is 0 Å². The molecule has 0 saturated heterocycles. The molecule has 0 saturated carbocycles. The van der Waals surface area contributed by atoms with E-state index in [1.165, 1.54) is 13.1 Å². The Hall–Kier alpha value is -1.66. The fourth-order valence-corrected chi connectivity index (χ4v) is 1.69. The number of carbonyl (C=O) groups is 1. The van der Waals surface area contributed by atoms with E-state index in [0.717, 1.165) is 4.90 Å². The van der Waals surface area contributed by atoms with E-state index in [9.17, 15) is 18.0 Å². The minimum atomic E-state index is -4.27. The molecule has 2 N–H and O–H groups in total. The lowest BCUT2D eigenvalue weighted by Crippen LogP contribution is -2.32. The maximum absolute atomic E-state index is 12.1. The Morgan fingerprint density at radius 2 is 2.05 bits per heavy atom. The average molecular weight is 277 g/mol. The van der Waals surface area contributed by atoms with Crippen LogP contribution in [0.25, 0.3) is 0 Å². The minimum Gasteiger partial charge on any atom is -0.397 e. The molecule has 0 aromatic carbocycles. The lowest BCUT2D eigenvalue weighted by Gasteiger charge is -2.20. The summed E-state index contributed by atoms with van der Waals surface area (Å²) in [5.41, 5.74) is 6.35. The summed E-state index contributed by atoms with van der Waals surface area (Å²) < 4.78 is 38.0. The predicted molar refractivity (Wildman–Crippen MR) is 66.9 cm³/mol. The van der Waals surface area contributed by atoms with Gasteiger partial charge in [-0.1, -0.05) is 0 Å². The van der Waals surface area contributed by atoms with Crippen molar-refractivity contribution in [3.05, 3.63) is 18.0 Å². The third kappa shape index (κ3) is 4.18. The van der Waals surface area contributed by atoms with E-state index in [-0.39, 0.29) is 12.6 Å². The summed E-state index contributed by atoms with van der Waals surface area (Å²) in [7, 11) is 1.35. The van der Waals surface area contributed by atoms with Crippen molar-refractivity contribution in [2.24, 2.45) is 0 Å². The zero-order valence-electron chi connectivity index (χ0n) is 11.2. The summed E-state index contributed by atoms with van der Waals surface area (Å²) in [6, 6.07) is 1.49. The molecule has 1 aromatic rings. The normalized spacial score (nSPS) is 11.9. The highest BCUT2D eigenvalue weighted by molar-refractivity contribution is 5.93. The van der Waals surface area contributed by atoms with Crippen molar-refractivity contribution in [3.63, 3.8) is 0 Å².